The Kier molecular flexibility index (Phi) is 1.04. The summed E-state index contributed by atoms with van der Waals surface area (Å²) < 4.78 is 0. The molecule has 0 nitrogen and oxygen atoms in total. The minimum atomic E-state index is 0.662. The molecular formula is C8H12. The molecular weight excluding hydrogens is 96.1 g/mol. The highest BCUT2D eigenvalue weighted by Gasteiger charge is 2.21. The maximum Gasteiger partial charge on any atom is 0.00196 e. The lowest BCUT2D eigenvalue weighted by molar-refractivity contribution is 0.730. The van der Waals surface area contributed by atoms with Gasteiger partial charge in [-0.15, -0.1) is 0 Å². The van der Waals surface area contributed by atoms with Crippen molar-refractivity contribution in [1.29, 1.82) is 0 Å². The summed E-state index contributed by atoms with van der Waals surface area (Å²) in [7, 11) is 0. The molecule has 0 spiro atoms. The van der Waals surface area contributed by atoms with E-state index in [1.807, 2.05) is 0 Å². The zero-order valence-corrected chi connectivity index (χ0v) is 5.78. The molecule has 0 radical (unpaired) electrons. The van der Waals surface area contributed by atoms with Crippen LogP contribution in [0.15, 0.2) is 23.3 Å². The first-order valence-electron chi connectivity index (χ1n) is 3.01. The molecule has 1 atom stereocenters. The molecule has 0 aromatic heterocycles. The van der Waals surface area contributed by atoms with Crippen LogP contribution in [-0.2, 0) is 0 Å². The highest BCUT2D eigenvalue weighted by Crippen LogP contribution is 2.37. The second-order valence-corrected chi connectivity index (χ2v) is 2.55. The first-order valence-corrected chi connectivity index (χ1v) is 3.01. The van der Waals surface area contributed by atoms with Crippen molar-refractivity contribution in [2.45, 2.75) is 20.8 Å². The highest BCUT2D eigenvalue weighted by molar-refractivity contribution is 5.47. The Morgan fingerprint density at radius 3 is 2.00 bits per heavy atom. The smallest absolute Gasteiger partial charge is 0.00196 e. The van der Waals surface area contributed by atoms with E-state index >= 15 is 0 Å². The minimum Gasteiger partial charge on any atom is -0.0950 e. The minimum absolute atomic E-state index is 0.662. The lowest BCUT2D eigenvalue weighted by Crippen LogP contribution is -2.14. The topological polar surface area (TPSA) is 0 Å². The highest BCUT2D eigenvalue weighted by atomic mass is 14.3. The third kappa shape index (κ3) is 0.459. The van der Waals surface area contributed by atoms with Gasteiger partial charge in [0.1, 0.15) is 0 Å². The van der Waals surface area contributed by atoms with Crippen LogP contribution in [0.4, 0.5) is 0 Å². The van der Waals surface area contributed by atoms with Gasteiger partial charge in [0.15, 0.2) is 0 Å². The molecule has 1 rings (SSSR count). The fraction of sp³-hybridized carbons (Fsp3) is 0.500. The average molecular weight is 108 g/mol. The van der Waals surface area contributed by atoms with E-state index in [4.69, 9.17) is 0 Å². The Balaban J connectivity index is 2.90. The summed E-state index contributed by atoms with van der Waals surface area (Å²) in [6.07, 6.45) is 0. The summed E-state index contributed by atoms with van der Waals surface area (Å²) in [6, 6.07) is 0. The molecule has 1 unspecified atom stereocenters. The standard InChI is InChI=1S/C8H12/c1-5-6(2)8(4)7(5)3/h6H,1H2,2-4H3. The third-order valence-corrected chi connectivity index (χ3v) is 2.25. The van der Waals surface area contributed by atoms with Crippen LogP contribution in [0.2, 0.25) is 0 Å². The van der Waals surface area contributed by atoms with Crippen molar-refractivity contribution in [1.82, 2.24) is 0 Å². The average Bonchev–Trinajstić information content (AvgIpc) is 1.83. The van der Waals surface area contributed by atoms with Crippen LogP contribution >= 0.6 is 0 Å². The molecule has 0 N–H and O–H groups in total. The van der Waals surface area contributed by atoms with Crippen molar-refractivity contribution in [3.05, 3.63) is 23.3 Å². The summed E-state index contributed by atoms with van der Waals surface area (Å²) >= 11 is 0. The van der Waals surface area contributed by atoms with E-state index < -0.39 is 0 Å². The van der Waals surface area contributed by atoms with Crippen molar-refractivity contribution in [3.63, 3.8) is 0 Å². The van der Waals surface area contributed by atoms with Gasteiger partial charge >= 0.3 is 0 Å². The lowest BCUT2D eigenvalue weighted by atomic mass is 9.76. The fourth-order valence-corrected chi connectivity index (χ4v) is 1.09. The molecule has 0 saturated heterocycles. The van der Waals surface area contributed by atoms with Gasteiger partial charge in [-0.2, -0.15) is 0 Å². The molecule has 0 saturated carbocycles. The monoisotopic (exact) mass is 108 g/mol. The van der Waals surface area contributed by atoms with E-state index in [0.29, 0.717) is 5.92 Å². The van der Waals surface area contributed by atoms with Crippen molar-refractivity contribution in [2.24, 2.45) is 5.92 Å². The molecule has 1 aliphatic rings. The van der Waals surface area contributed by atoms with Crippen LogP contribution in [0.1, 0.15) is 20.8 Å². The van der Waals surface area contributed by atoms with E-state index in [0.717, 1.165) is 0 Å². The van der Waals surface area contributed by atoms with E-state index in [1.54, 1.807) is 0 Å². The molecule has 0 amide bonds. The van der Waals surface area contributed by atoms with Gasteiger partial charge < -0.3 is 0 Å². The molecule has 0 aliphatic heterocycles. The SMILES string of the molecule is C=C1C(C)=C(C)C1C. The Hall–Kier alpha value is -0.520. The second-order valence-electron chi connectivity index (χ2n) is 2.55. The lowest BCUT2D eigenvalue weighted by Gasteiger charge is -2.29. The number of allylic oxidation sites excluding steroid dienone is 3. The third-order valence-electron chi connectivity index (χ3n) is 2.25. The zero-order valence-electron chi connectivity index (χ0n) is 5.78. The van der Waals surface area contributed by atoms with Gasteiger partial charge in [-0.1, -0.05) is 19.1 Å². The summed E-state index contributed by atoms with van der Waals surface area (Å²) in [6.45, 7) is 10.4. The molecule has 0 heterocycles. The first kappa shape index (κ1) is 5.61. The van der Waals surface area contributed by atoms with Gasteiger partial charge in [-0.05, 0) is 25.0 Å². The molecule has 0 fully saturated rings. The van der Waals surface area contributed by atoms with Crippen molar-refractivity contribution >= 4 is 0 Å². The van der Waals surface area contributed by atoms with E-state index in [2.05, 4.69) is 27.4 Å². The van der Waals surface area contributed by atoms with Gasteiger partial charge in [0.2, 0.25) is 0 Å². The Morgan fingerprint density at radius 2 is 1.88 bits per heavy atom. The molecule has 0 bridgehead atoms. The van der Waals surface area contributed by atoms with E-state index in [1.165, 1.54) is 16.7 Å². The van der Waals surface area contributed by atoms with Crippen LogP contribution in [-0.4, -0.2) is 0 Å². The normalized spacial score (nSPS) is 28.4. The van der Waals surface area contributed by atoms with Gasteiger partial charge in [-0.3, -0.25) is 0 Å². The molecule has 0 aromatic rings. The molecule has 0 heteroatoms. The molecule has 44 valence electrons. The van der Waals surface area contributed by atoms with Gasteiger partial charge in [0.25, 0.3) is 0 Å². The molecule has 1 aliphatic carbocycles. The second kappa shape index (κ2) is 1.48. The van der Waals surface area contributed by atoms with Gasteiger partial charge in [0, 0.05) is 5.92 Å². The Bertz CT molecular complexity index is 161. The van der Waals surface area contributed by atoms with Crippen molar-refractivity contribution in [2.75, 3.05) is 0 Å². The van der Waals surface area contributed by atoms with Crippen LogP contribution < -0.4 is 0 Å². The number of hydrogen-bond donors (Lipinski definition) is 0. The Morgan fingerprint density at radius 1 is 1.38 bits per heavy atom. The van der Waals surface area contributed by atoms with Crippen LogP contribution in [0.25, 0.3) is 0 Å². The largest absolute Gasteiger partial charge is 0.0950 e. The summed E-state index contributed by atoms with van der Waals surface area (Å²) in [5.74, 6) is 0.662. The number of hydrogen-bond acceptors (Lipinski definition) is 0. The molecule has 0 aromatic carbocycles. The fourth-order valence-electron chi connectivity index (χ4n) is 1.09. The number of rotatable bonds is 0. The molecule has 8 heavy (non-hydrogen) atoms. The summed E-state index contributed by atoms with van der Waals surface area (Å²) in [5.41, 5.74) is 4.25. The van der Waals surface area contributed by atoms with Crippen LogP contribution in [0.5, 0.6) is 0 Å². The van der Waals surface area contributed by atoms with Gasteiger partial charge in [0.05, 0.1) is 0 Å². The van der Waals surface area contributed by atoms with Crippen LogP contribution in [0, 0.1) is 5.92 Å². The van der Waals surface area contributed by atoms with Crippen molar-refractivity contribution < 1.29 is 0 Å². The quantitative estimate of drug-likeness (QED) is 0.447. The maximum atomic E-state index is 3.92. The Labute approximate surface area is 50.9 Å². The first-order chi connectivity index (χ1) is 3.64. The van der Waals surface area contributed by atoms with Crippen LogP contribution in [0.3, 0.4) is 0 Å². The summed E-state index contributed by atoms with van der Waals surface area (Å²) in [5, 5.41) is 0. The van der Waals surface area contributed by atoms with Crippen molar-refractivity contribution in [3.8, 4) is 0 Å². The predicted octanol–water partition coefficient (Wildman–Crippen LogP) is 2.53. The van der Waals surface area contributed by atoms with E-state index in [9.17, 15) is 0 Å². The van der Waals surface area contributed by atoms with E-state index in [-0.39, 0.29) is 0 Å². The van der Waals surface area contributed by atoms with Gasteiger partial charge in [-0.25, -0.2) is 0 Å². The maximum absolute atomic E-state index is 3.92. The summed E-state index contributed by atoms with van der Waals surface area (Å²) in [4.78, 5) is 0. The zero-order chi connectivity index (χ0) is 6.31. The predicted molar refractivity (Wildman–Crippen MR) is 36.7 cm³/mol.